The van der Waals surface area contributed by atoms with Crippen LogP contribution in [-0.2, 0) is 27.8 Å². The predicted molar refractivity (Wildman–Crippen MR) is 115 cm³/mol. The summed E-state index contributed by atoms with van der Waals surface area (Å²) in [6.45, 7) is 0.241. The topological polar surface area (TPSA) is 66.5 Å². The van der Waals surface area contributed by atoms with Gasteiger partial charge in [-0.05, 0) is 42.0 Å². The number of nitrogens with zero attached hydrogens (tertiary/aromatic N) is 1. The zero-order valence-corrected chi connectivity index (χ0v) is 17.8. The molecule has 0 bridgehead atoms. The van der Waals surface area contributed by atoms with Crippen LogP contribution in [0.4, 0.5) is 10.1 Å². The molecule has 0 unspecified atom stereocenters. The van der Waals surface area contributed by atoms with E-state index < -0.39 is 21.7 Å². The lowest BCUT2D eigenvalue weighted by Crippen LogP contribution is -2.26. The second kappa shape index (κ2) is 9.38. The summed E-state index contributed by atoms with van der Waals surface area (Å²) in [5.41, 5.74) is 1.38. The van der Waals surface area contributed by atoms with Gasteiger partial charge < -0.3 is 5.32 Å². The zero-order valence-electron chi connectivity index (χ0n) is 16.2. The van der Waals surface area contributed by atoms with Crippen molar-refractivity contribution in [1.29, 1.82) is 0 Å². The Morgan fingerprint density at radius 2 is 1.67 bits per heavy atom. The van der Waals surface area contributed by atoms with Crippen molar-refractivity contribution >= 4 is 33.2 Å². The molecule has 0 saturated carbocycles. The summed E-state index contributed by atoms with van der Waals surface area (Å²) in [6, 6.07) is 19.3. The van der Waals surface area contributed by atoms with Gasteiger partial charge in [0.05, 0.1) is 11.3 Å². The van der Waals surface area contributed by atoms with Gasteiger partial charge in [-0.15, -0.1) is 0 Å². The molecule has 8 heteroatoms. The first-order chi connectivity index (χ1) is 14.3. The van der Waals surface area contributed by atoms with Crippen molar-refractivity contribution in [3.63, 3.8) is 0 Å². The van der Waals surface area contributed by atoms with Crippen molar-refractivity contribution in [3.05, 3.63) is 94.8 Å². The van der Waals surface area contributed by atoms with Crippen LogP contribution >= 0.6 is 11.6 Å². The zero-order chi connectivity index (χ0) is 21.7. The van der Waals surface area contributed by atoms with Crippen LogP contribution < -0.4 is 5.32 Å². The molecule has 0 atom stereocenters. The number of hydrogen-bond donors (Lipinski definition) is 1. The van der Waals surface area contributed by atoms with Gasteiger partial charge in [0.1, 0.15) is 5.82 Å². The van der Waals surface area contributed by atoms with Gasteiger partial charge in [-0.1, -0.05) is 48.0 Å². The molecule has 3 aromatic carbocycles. The SMILES string of the molecule is CN(Cc1ccccc1)S(=O)(=O)c1ccc(NC(=O)Cc2c(F)cccc2Cl)cc1. The van der Waals surface area contributed by atoms with E-state index in [1.54, 1.807) is 0 Å². The summed E-state index contributed by atoms with van der Waals surface area (Å²) in [6.07, 6.45) is -0.231. The van der Waals surface area contributed by atoms with Crippen molar-refractivity contribution in [1.82, 2.24) is 4.31 Å². The van der Waals surface area contributed by atoms with Gasteiger partial charge in [0.15, 0.2) is 0 Å². The van der Waals surface area contributed by atoms with Gasteiger partial charge in [0.25, 0.3) is 0 Å². The normalized spacial score (nSPS) is 11.5. The third-order valence-electron chi connectivity index (χ3n) is 4.49. The first-order valence-corrected chi connectivity index (χ1v) is 10.9. The fourth-order valence-electron chi connectivity index (χ4n) is 2.88. The molecule has 3 aromatic rings. The molecule has 30 heavy (non-hydrogen) atoms. The Balaban J connectivity index is 1.67. The standard InChI is InChI=1S/C22H20ClFN2O3S/c1-26(15-16-6-3-2-4-7-16)30(28,29)18-12-10-17(11-13-18)25-22(27)14-19-20(23)8-5-9-21(19)24/h2-13H,14-15H2,1H3,(H,25,27). The van der Waals surface area contributed by atoms with Crippen molar-refractivity contribution in [2.75, 3.05) is 12.4 Å². The molecular formula is C22H20ClFN2O3S. The number of carbonyl (C=O) groups excluding carboxylic acids is 1. The largest absolute Gasteiger partial charge is 0.326 e. The average Bonchev–Trinajstić information content (AvgIpc) is 2.72. The molecule has 0 heterocycles. The smallest absolute Gasteiger partial charge is 0.243 e. The van der Waals surface area contributed by atoms with Gasteiger partial charge in [0, 0.05) is 29.9 Å². The van der Waals surface area contributed by atoms with Crippen molar-refractivity contribution in [3.8, 4) is 0 Å². The molecule has 0 aliphatic rings. The Hall–Kier alpha value is -2.74. The minimum absolute atomic E-state index is 0.107. The van der Waals surface area contributed by atoms with E-state index in [2.05, 4.69) is 5.32 Å². The summed E-state index contributed by atoms with van der Waals surface area (Å²) in [5, 5.41) is 2.79. The number of anilines is 1. The molecule has 0 aliphatic carbocycles. The van der Waals surface area contributed by atoms with E-state index in [-0.39, 0.29) is 28.4 Å². The van der Waals surface area contributed by atoms with E-state index in [1.165, 1.54) is 53.8 Å². The number of carbonyl (C=O) groups is 1. The van der Waals surface area contributed by atoms with E-state index in [0.29, 0.717) is 5.69 Å². The maximum absolute atomic E-state index is 13.8. The predicted octanol–water partition coefficient (Wildman–Crippen LogP) is 4.48. The van der Waals surface area contributed by atoms with Crippen LogP contribution in [0.3, 0.4) is 0 Å². The summed E-state index contributed by atoms with van der Waals surface area (Å²) >= 11 is 5.94. The van der Waals surface area contributed by atoms with Crippen molar-refractivity contribution < 1.29 is 17.6 Å². The number of hydrogen-bond acceptors (Lipinski definition) is 3. The van der Waals surface area contributed by atoms with Gasteiger partial charge in [-0.25, -0.2) is 12.8 Å². The van der Waals surface area contributed by atoms with E-state index >= 15 is 0 Å². The monoisotopic (exact) mass is 446 g/mol. The molecule has 156 valence electrons. The van der Waals surface area contributed by atoms with Crippen LogP contribution in [0.15, 0.2) is 77.7 Å². The van der Waals surface area contributed by atoms with Crippen molar-refractivity contribution in [2.45, 2.75) is 17.9 Å². The van der Waals surface area contributed by atoms with Gasteiger partial charge in [-0.3, -0.25) is 4.79 Å². The Kier molecular flexibility index (Phi) is 6.87. The van der Waals surface area contributed by atoms with E-state index in [9.17, 15) is 17.6 Å². The average molecular weight is 447 g/mol. The fourth-order valence-corrected chi connectivity index (χ4v) is 4.27. The highest BCUT2D eigenvalue weighted by atomic mass is 35.5. The van der Waals surface area contributed by atoms with Gasteiger partial charge >= 0.3 is 0 Å². The Morgan fingerprint density at radius 1 is 1.00 bits per heavy atom. The highest BCUT2D eigenvalue weighted by Gasteiger charge is 2.21. The maximum atomic E-state index is 13.8. The number of benzene rings is 3. The minimum atomic E-state index is -3.69. The third-order valence-corrected chi connectivity index (χ3v) is 6.67. The molecule has 3 rings (SSSR count). The second-order valence-corrected chi connectivity index (χ2v) is 9.15. The van der Waals surface area contributed by atoms with E-state index in [0.717, 1.165) is 5.56 Å². The summed E-state index contributed by atoms with van der Waals surface area (Å²) < 4.78 is 40.6. The molecule has 0 aromatic heterocycles. The number of halogens is 2. The maximum Gasteiger partial charge on any atom is 0.243 e. The molecule has 0 fully saturated rings. The Labute approximate surface area is 180 Å². The minimum Gasteiger partial charge on any atom is -0.326 e. The highest BCUT2D eigenvalue weighted by molar-refractivity contribution is 7.89. The molecular weight excluding hydrogens is 427 g/mol. The number of amides is 1. The van der Waals surface area contributed by atoms with Crippen LogP contribution in [0, 0.1) is 5.82 Å². The van der Waals surface area contributed by atoms with Crippen LogP contribution in [0.2, 0.25) is 5.02 Å². The van der Waals surface area contributed by atoms with E-state index in [1.807, 2.05) is 30.3 Å². The van der Waals surface area contributed by atoms with Gasteiger partial charge in [-0.2, -0.15) is 4.31 Å². The number of nitrogens with one attached hydrogen (secondary N) is 1. The first kappa shape index (κ1) is 22.0. The molecule has 0 saturated heterocycles. The molecule has 0 spiro atoms. The van der Waals surface area contributed by atoms with Crippen molar-refractivity contribution in [2.24, 2.45) is 0 Å². The van der Waals surface area contributed by atoms with Crippen LogP contribution in [-0.4, -0.2) is 25.7 Å². The number of sulfonamides is 1. The fraction of sp³-hybridized carbons (Fsp3) is 0.136. The van der Waals surface area contributed by atoms with Crippen LogP contribution in [0.5, 0.6) is 0 Å². The van der Waals surface area contributed by atoms with Gasteiger partial charge in [0.2, 0.25) is 15.9 Å². The molecule has 0 aliphatic heterocycles. The molecule has 5 nitrogen and oxygen atoms in total. The summed E-state index contributed by atoms with van der Waals surface area (Å²) in [5.74, 6) is -1.01. The van der Waals surface area contributed by atoms with E-state index in [4.69, 9.17) is 11.6 Å². The second-order valence-electron chi connectivity index (χ2n) is 6.70. The molecule has 1 amide bonds. The highest BCUT2D eigenvalue weighted by Crippen LogP contribution is 2.22. The Morgan fingerprint density at radius 3 is 2.30 bits per heavy atom. The molecule has 0 radical (unpaired) electrons. The summed E-state index contributed by atoms with van der Waals surface area (Å²) in [7, 11) is -2.18. The Bertz CT molecular complexity index is 1120. The van der Waals surface area contributed by atoms with Crippen LogP contribution in [0.1, 0.15) is 11.1 Å². The lowest BCUT2D eigenvalue weighted by Gasteiger charge is -2.17. The third kappa shape index (κ3) is 5.24. The van der Waals surface area contributed by atoms with Crippen LogP contribution in [0.25, 0.3) is 0 Å². The molecule has 1 N–H and O–H groups in total. The lowest BCUT2D eigenvalue weighted by molar-refractivity contribution is -0.115. The first-order valence-electron chi connectivity index (χ1n) is 9.10. The quantitative estimate of drug-likeness (QED) is 0.581. The summed E-state index contributed by atoms with van der Waals surface area (Å²) in [4.78, 5) is 12.3. The number of rotatable bonds is 7. The lowest BCUT2D eigenvalue weighted by atomic mass is 10.1.